The van der Waals surface area contributed by atoms with Gasteiger partial charge < -0.3 is 10.2 Å². The molecular formula is C19H20O3S. The van der Waals surface area contributed by atoms with Crippen molar-refractivity contribution in [2.24, 2.45) is 0 Å². The molecule has 0 radical (unpaired) electrons. The number of hydrogen-bond donors (Lipinski definition) is 2. The minimum atomic E-state index is -0.922. The van der Waals surface area contributed by atoms with Crippen LogP contribution in [0.3, 0.4) is 0 Å². The van der Waals surface area contributed by atoms with Gasteiger partial charge in [0.15, 0.2) is 0 Å². The Morgan fingerprint density at radius 1 is 0.913 bits per heavy atom. The first-order chi connectivity index (χ1) is 11.1. The van der Waals surface area contributed by atoms with E-state index < -0.39 is 5.97 Å². The van der Waals surface area contributed by atoms with Gasteiger partial charge >= 0.3 is 5.97 Å². The van der Waals surface area contributed by atoms with Gasteiger partial charge in [0.25, 0.3) is 0 Å². The topological polar surface area (TPSA) is 57.5 Å². The van der Waals surface area contributed by atoms with Crippen molar-refractivity contribution in [1.82, 2.24) is 0 Å². The fourth-order valence-corrected chi connectivity index (χ4v) is 1.36. The number of carboxylic acid groups (broad SMARTS) is 1. The number of aromatic hydroxyl groups is 1. The number of benzene rings is 2. The van der Waals surface area contributed by atoms with Gasteiger partial charge in [0.2, 0.25) is 0 Å². The summed E-state index contributed by atoms with van der Waals surface area (Å²) in [5.41, 5.74) is 0.898. The SMILES string of the molecule is C=CSC=C.O=C(O)C=Cc1ccccc1.Oc1ccccc1. The molecule has 2 aromatic carbocycles. The molecule has 2 rings (SSSR count). The summed E-state index contributed by atoms with van der Waals surface area (Å²) in [6.45, 7) is 6.88. The van der Waals surface area contributed by atoms with Gasteiger partial charge in [-0.15, -0.1) is 11.8 Å². The second-order valence-corrected chi connectivity index (χ2v) is 4.83. The molecule has 0 heterocycles. The fraction of sp³-hybridized carbons (Fsp3) is 0. The van der Waals surface area contributed by atoms with Gasteiger partial charge in [0.1, 0.15) is 5.75 Å². The Morgan fingerprint density at radius 2 is 1.39 bits per heavy atom. The van der Waals surface area contributed by atoms with Gasteiger partial charge in [-0.3, -0.25) is 0 Å². The highest BCUT2D eigenvalue weighted by atomic mass is 32.2. The molecule has 4 heteroatoms. The molecule has 0 unspecified atom stereocenters. The predicted octanol–water partition coefficient (Wildman–Crippen LogP) is 5.18. The normalized spacial score (nSPS) is 8.87. The number of carboxylic acids is 1. The average molecular weight is 328 g/mol. The van der Waals surface area contributed by atoms with E-state index in [1.54, 1.807) is 41.2 Å². The maximum absolute atomic E-state index is 10.1. The highest BCUT2D eigenvalue weighted by Gasteiger charge is 1.85. The molecule has 120 valence electrons. The first-order valence-corrected chi connectivity index (χ1v) is 7.61. The second-order valence-electron chi connectivity index (χ2n) is 3.89. The number of carbonyl (C=O) groups is 1. The van der Waals surface area contributed by atoms with Crippen molar-refractivity contribution in [3.63, 3.8) is 0 Å². The monoisotopic (exact) mass is 328 g/mol. The number of phenolic OH excluding ortho intramolecular Hbond substituents is 1. The zero-order valence-electron chi connectivity index (χ0n) is 12.7. The molecule has 0 fully saturated rings. The Bertz CT molecular complexity index is 587. The van der Waals surface area contributed by atoms with E-state index >= 15 is 0 Å². The van der Waals surface area contributed by atoms with E-state index in [-0.39, 0.29) is 0 Å². The van der Waals surface area contributed by atoms with Crippen molar-refractivity contribution in [2.75, 3.05) is 0 Å². The van der Waals surface area contributed by atoms with Crippen LogP contribution in [0.25, 0.3) is 6.08 Å². The lowest BCUT2D eigenvalue weighted by Crippen LogP contribution is -1.85. The zero-order valence-corrected chi connectivity index (χ0v) is 13.5. The van der Waals surface area contributed by atoms with E-state index in [1.807, 2.05) is 36.4 Å². The predicted molar refractivity (Wildman–Crippen MR) is 99.2 cm³/mol. The number of para-hydroxylation sites is 1. The summed E-state index contributed by atoms with van der Waals surface area (Å²) in [6.07, 6.45) is 2.68. The van der Waals surface area contributed by atoms with Gasteiger partial charge in [-0.1, -0.05) is 61.7 Å². The van der Waals surface area contributed by atoms with Crippen LogP contribution >= 0.6 is 11.8 Å². The minimum absolute atomic E-state index is 0.322. The molecule has 0 saturated carbocycles. The van der Waals surface area contributed by atoms with Gasteiger partial charge in [0.05, 0.1) is 0 Å². The Morgan fingerprint density at radius 3 is 1.70 bits per heavy atom. The van der Waals surface area contributed by atoms with E-state index in [0.29, 0.717) is 5.75 Å². The van der Waals surface area contributed by atoms with Crippen LogP contribution in [-0.2, 0) is 4.79 Å². The van der Waals surface area contributed by atoms with Crippen molar-refractivity contribution < 1.29 is 15.0 Å². The van der Waals surface area contributed by atoms with Crippen LogP contribution in [0.2, 0.25) is 0 Å². The molecule has 0 amide bonds. The molecule has 3 nitrogen and oxygen atoms in total. The zero-order chi connectivity index (χ0) is 17.3. The third-order valence-electron chi connectivity index (χ3n) is 2.17. The summed E-state index contributed by atoms with van der Waals surface area (Å²) in [5.74, 6) is -0.601. The van der Waals surface area contributed by atoms with E-state index in [2.05, 4.69) is 13.2 Å². The third-order valence-corrected chi connectivity index (χ3v) is 2.55. The molecule has 0 aliphatic heterocycles. The molecule has 0 aromatic heterocycles. The molecule has 0 saturated heterocycles. The summed E-state index contributed by atoms with van der Waals surface area (Å²) < 4.78 is 0. The number of hydrogen-bond acceptors (Lipinski definition) is 3. The third kappa shape index (κ3) is 14.0. The maximum Gasteiger partial charge on any atom is 0.328 e. The molecule has 0 aliphatic carbocycles. The minimum Gasteiger partial charge on any atom is -0.508 e. The van der Waals surface area contributed by atoms with Crippen LogP contribution in [-0.4, -0.2) is 16.2 Å². The Hall–Kier alpha value is -2.72. The average Bonchev–Trinajstić information content (AvgIpc) is 2.57. The number of phenols is 1. The summed E-state index contributed by atoms with van der Waals surface area (Å²) in [7, 11) is 0. The Labute approximate surface area is 141 Å². The summed E-state index contributed by atoms with van der Waals surface area (Å²) >= 11 is 1.49. The first-order valence-electron chi connectivity index (χ1n) is 6.67. The first kappa shape index (κ1) is 20.3. The van der Waals surface area contributed by atoms with E-state index in [1.165, 1.54) is 11.8 Å². The lowest BCUT2D eigenvalue weighted by atomic mass is 10.2. The maximum atomic E-state index is 10.1. The standard InChI is InChI=1S/C9H8O2.C6H6O.C4H6S/c10-9(11)7-6-8-4-2-1-3-5-8;7-6-4-2-1-3-5-6;1-3-5-4-2/h1-7H,(H,10,11);1-5,7H;3-4H,1-2H2. The smallest absolute Gasteiger partial charge is 0.328 e. The van der Waals surface area contributed by atoms with Crippen LogP contribution in [0.1, 0.15) is 5.56 Å². The van der Waals surface area contributed by atoms with Crippen molar-refractivity contribution in [3.05, 3.63) is 96.3 Å². The quantitative estimate of drug-likeness (QED) is 0.759. The summed E-state index contributed by atoms with van der Waals surface area (Å²) in [6, 6.07) is 18.0. The Balaban J connectivity index is 0.000000347. The van der Waals surface area contributed by atoms with Crippen LogP contribution in [0.4, 0.5) is 0 Å². The van der Waals surface area contributed by atoms with Gasteiger partial charge in [-0.05, 0) is 34.6 Å². The summed E-state index contributed by atoms with van der Waals surface area (Å²) in [5, 5.41) is 20.4. The molecular weight excluding hydrogens is 308 g/mol. The Kier molecular flexibility index (Phi) is 12.5. The molecule has 2 N–H and O–H groups in total. The van der Waals surface area contributed by atoms with Gasteiger partial charge in [-0.2, -0.15) is 0 Å². The van der Waals surface area contributed by atoms with E-state index in [4.69, 9.17) is 10.2 Å². The molecule has 0 bridgehead atoms. The van der Waals surface area contributed by atoms with Crippen molar-refractivity contribution >= 4 is 23.8 Å². The molecule has 0 spiro atoms. The molecule has 2 aromatic rings. The molecule has 23 heavy (non-hydrogen) atoms. The molecule has 0 aliphatic rings. The summed E-state index contributed by atoms with van der Waals surface area (Å²) in [4.78, 5) is 10.1. The lowest BCUT2D eigenvalue weighted by Gasteiger charge is -1.87. The van der Waals surface area contributed by atoms with Crippen molar-refractivity contribution in [1.29, 1.82) is 0 Å². The number of thioether (sulfide) groups is 1. The number of aliphatic carboxylic acids is 1. The molecule has 0 atom stereocenters. The van der Waals surface area contributed by atoms with Crippen LogP contribution in [0.15, 0.2) is 90.7 Å². The number of rotatable bonds is 4. The largest absolute Gasteiger partial charge is 0.508 e. The van der Waals surface area contributed by atoms with E-state index in [0.717, 1.165) is 11.6 Å². The van der Waals surface area contributed by atoms with Gasteiger partial charge in [0, 0.05) is 6.08 Å². The second kappa shape index (κ2) is 14.2. The highest BCUT2D eigenvalue weighted by Crippen LogP contribution is 2.02. The van der Waals surface area contributed by atoms with Crippen molar-refractivity contribution in [3.8, 4) is 5.75 Å². The van der Waals surface area contributed by atoms with Gasteiger partial charge in [-0.25, -0.2) is 4.79 Å². The lowest BCUT2D eigenvalue weighted by molar-refractivity contribution is -0.131. The van der Waals surface area contributed by atoms with Crippen LogP contribution in [0.5, 0.6) is 5.75 Å². The van der Waals surface area contributed by atoms with Crippen LogP contribution in [0, 0.1) is 0 Å². The highest BCUT2D eigenvalue weighted by molar-refractivity contribution is 8.04. The van der Waals surface area contributed by atoms with Crippen molar-refractivity contribution in [2.45, 2.75) is 0 Å². The van der Waals surface area contributed by atoms with E-state index in [9.17, 15) is 4.79 Å². The fourth-order valence-electron chi connectivity index (χ4n) is 1.23. The van der Waals surface area contributed by atoms with Crippen LogP contribution < -0.4 is 0 Å².